The Balaban J connectivity index is 1.64. The van der Waals surface area contributed by atoms with Gasteiger partial charge in [-0.05, 0) is 29.8 Å². The van der Waals surface area contributed by atoms with Gasteiger partial charge in [0.1, 0.15) is 29.8 Å². The van der Waals surface area contributed by atoms with Crippen molar-refractivity contribution in [2.24, 2.45) is 0 Å². The van der Waals surface area contributed by atoms with Gasteiger partial charge in [0, 0.05) is 0 Å². The Morgan fingerprint density at radius 3 is 2.33 bits per heavy atom. The molecule has 144 valence electrons. The van der Waals surface area contributed by atoms with Gasteiger partial charge in [-0.15, -0.1) is 0 Å². The SMILES string of the molecule is O=C(O)C1OC(OCc2cccc(Oc3ccccc3)c2)C(O)C(O)C1O. The van der Waals surface area contributed by atoms with E-state index in [2.05, 4.69) is 0 Å². The molecule has 0 bridgehead atoms. The van der Waals surface area contributed by atoms with E-state index in [1.54, 1.807) is 24.3 Å². The average molecular weight is 376 g/mol. The van der Waals surface area contributed by atoms with Crippen molar-refractivity contribution >= 4 is 5.97 Å². The molecule has 1 fully saturated rings. The number of aliphatic hydroxyl groups excluding tert-OH is 3. The second kappa shape index (κ2) is 8.47. The predicted octanol–water partition coefficient (Wildman–Crippen LogP) is 0.888. The van der Waals surface area contributed by atoms with Crippen LogP contribution in [0.15, 0.2) is 54.6 Å². The number of ether oxygens (including phenoxy) is 3. The molecule has 1 aliphatic rings. The van der Waals surface area contributed by atoms with Crippen LogP contribution in [-0.4, -0.2) is 57.1 Å². The topological polar surface area (TPSA) is 126 Å². The molecule has 1 heterocycles. The van der Waals surface area contributed by atoms with Gasteiger partial charge in [0.25, 0.3) is 0 Å². The minimum absolute atomic E-state index is 0.0249. The lowest BCUT2D eigenvalue weighted by Crippen LogP contribution is -2.60. The fraction of sp³-hybridized carbons (Fsp3) is 0.316. The number of carbonyl (C=O) groups is 1. The third-order valence-corrected chi connectivity index (χ3v) is 4.10. The fourth-order valence-electron chi connectivity index (χ4n) is 2.69. The smallest absolute Gasteiger partial charge is 0.335 e. The molecular formula is C19H20O8. The summed E-state index contributed by atoms with van der Waals surface area (Å²) in [5.41, 5.74) is 0.687. The van der Waals surface area contributed by atoms with Crippen molar-refractivity contribution in [3.05, 3.63) is 60.2 Å². The van der Waals surface area contributed by atoms with Crippen LogP contribution >= 0.6 is 0 Å². The highest BCUT2D eigenvalue weighted by Crippen LogP contribution is 2.25. The first-order chi connectivity index (χ1) is 13.0. The van der Waals surface area contributed by atoms with E-state index in [9.17, 15) is 20.1 Å². The number of carboxylic acid groups (broad SMARTS) is 1. The summed E-state index contributed by atoms with van der Waals surface area (Å²) in [6, 6.07) is 16.2. The van der Waals surface area contributed by atoms with Gasteiger partial charge < -0.3 is 34.6 Å². The maximum atomic E-state index is 11.1. The van der Waals surface area contributed by atoms with Crippen molar-refractivity contribution in [3.63, 3.8) is 0 Å². The molecule has 2 aromatic carbocycles. The quantitative estimate of drug-likeness (QED) is 0.586. The Morgan fingerprint density at radius 2 is 1.63 bits per heavy atom. The molecule has 4 N–H and O–H groups in total. The van der Waals surface area contributed by atoms with E-state index in [0.29, 0.717) is 17.1 Å². The van der Waals surface area contributed by atoms with E-state index in [1.165, 1.54) is 0 Å². The van der Waals surface area contributed by atoms with Gasteiger partial charge >= 0.3 is 5.97 Å². The highest BCUT2D eigenvalue weighted by atomic mass is 16.7. The molecule has 0 aliphatic carbocycles. The molecule has 5 atom stereocenters. The van der Waals surface area contributed by atoms with Crippen LogP contribution in [0.2, 0.25) is 0 Å². The van der Waals surface area contributed by atoms with Crippen LogP contribution in [-0.2, 0) is 20.9 Å². The predicted molar refractivity (Wildman–Crippen MR) is 92.1 cm³/mol. The number of benzene rings is 2. The number of aliphatic hydroxyl groups is 3. The van der Waals surface area contributed by atoms with E-state index in [0.717, 1.165) is 0 Å². The lowest BCUT2D eigenvalue weighted by molar-refractivity contribution is -0.297. The first kappa shape index (κ1) is 19.3. The maximum absolute atomic E-state index is 11.1. The molecule has 8 nitrogen and oxygen atoms in total. The molecule has 1 saturated heterocycles. The summed E-state index contributed by atoms with van der Waals surface area (Å²) in [5, 5.41) is 38.5. The minimum Gasteiger partial charge on any atom is -0.479 e. The number of hydrogen-bond donors (Lipinski definition) is 4. The lowest BCUT2D eigenvalue weighted by atomic mass is 9.99. The Kier molecular flexibility index (Phi) is 6.04. The summed E-state index contributed by atoms with van der Waals surface area (Å²) in [5.74, 6) is -0.213. The van der Waals surface area contributed by atoms with Crippen LogP contribution < -0.4 is 4.74 Å². The Bertz CT molecular complexity index is 765. The van der Waals surface area contributed by atoms with Gasteiger partial charge in [0.2, 0.25) is 0 Å². The molecule has 0 amide bonds. The molecule has 2 aromatic rings. The second-order valence-electron chi connectivity index (χ2n) is 6.11. The summed E-state index contributed by atoms with van der Waals surface area (Å²) in [4.78, 5) is 11.1. The number of rotatable bonds is 6. The summed E-state index contributed by atoms with van der Waals surface area (Å²) in [6.45, 7) is -0.0249. The molecule has 0 saturated carbocycles. The van der Waals surface area contributed by atoms with E-state index in [4.69, 9.17) is 19.3 Å². The number of aliphatic carboxylic acids is 1. The van der Waals surface area contributed by atoms with E-state index < -0.39 is 36.7 Å². The van der Waals surface area contributed by atoms with Crippen molar-refractivity contribution < 1.29 is 39.4 Å². The largest absolute Gasteiger partial charge is 0.479 e. The van der Waals surface area contributed by atoms with E-state index >= 15 is 0 Å². The zero-order valence-corrected chi connectivity index (χ0v) is 14.2. The first-order valence-corrected chi connectivity index (χ1v) is 8.31. The van der Waals surface area contributed by atoms with Gasteiger partial charge in [0.15, 0.2) is 12.4 Å². The molecule has 8 heteroatoms. The van der Waals surface area contributed by atoms with Crippen molar-refractivity contribution in [1.82, 2.24) is 0 Å². The van der Waals surface area contributed by atoms with E-state index in [1.807, 2.05) is 30.3 Å². The van der Waals surface area contributed by atoms with Crippen molar-refractivity contribution in [3.8, 4) is 11.5 Å². The summed E-state index contributed by atoms with van der Waals surface area (Å²) in [7, 11) is 0. The molecule has 1 aliphatic heterocycles. The fourth-order valence-corrected chi connectivity index (χ4v) is 2.69. The summed E-state index contributed by atoms with van der Waals surface area (Å²) >= 11 is 0. The van der Waals surface area contributed by atoms with E-state index in [-0.39, 0.29) is 6.61 Å². The second-order valence-corrected chi connectivity index (χ2v) is 6.11. The molecule has 0 radical (unpaired) electrons. The Labute approximate surface area is 155 Å². The van der Waals surface area contributed by atoms with Crippen LogP contribution in [0.25, 0.3) is 0 Å². The van der Waals surface area contributed by atoms with Crippen LogP contribution in [0.3, 0.4) is 0 Å². The Hall–Kier alpha value is -2.49. The first-order valence-electron chi connectivity index (χ1n) is 8.31. The maximum Gasteiger partial charge on any atom is 0.335 e. The van der Waals surface area contributed by atoms with Gasteiger partial charge in [0.05, 0.1) is 6.61 Å². The van der Waals surface area contributed by atoms with Gasteiger partial charge in [-0.3, -0.25) is 0 Å². The van der Waals surface area contributed by atoms with Crippen LogP contribution in [0.1, 0.15) is 5.56 Å². The van der Waals surface area contributed by atoms with Gasteiger partial charge in [-0.1, -0.05) is 30.3 Å². The normalized spacial score (nSPS) is 27.9. The summed E-state index contributed by atoms with van der Waals surface area (Å²) < 4.78 is 16.2. The third kappa shape index (κ3) is 4.62. The van der Waals surface area contributed by atoms with Crippen molar-refractivity contribution in [2.45, 2.75) is 37.3 Å². The lowest BCUT2D eigenvalue weighted by Gasteiger charge is -2.38. The summed E-state index contributed by atoms with van der Waals surface area (Å²) in [6.07, 6.45) is -8.12. The third-order valence-electron chi connectivity index (χ3n) is 4.10. The zero-order chi connectivity index (χ0) is 19.4. The minimum atomic E-state index is -1.75. The monoisotopic (exact) mass is 376 g/mol. The molecule has 0 spiro atoms. The number of para-hydroxylation sites is 1. The highest BCUT2D eigenvalue weighted by molar-refractivity contribution is 5.73. The van der Waals surface area contributed by atoms with Crippen molar-refractivity contribution in [2.75, 3.05) is 0 Å². The zero-order valence-electron chi connectivity index (χ0n) is 14.2. The van der Waals surface area contributed by atoms with Crippen molar-refractivity contribution in [1.29, 1.82) is 0 Å². The molecule has 27 heavy (non-hydrogen) atoms. The number of hydrogen-bond acceptors (Lipinski definition) is 7. The molecule has 5 unspecified atom stereocenters. The van der Waals surface area contributed by atoms with Gasteiger partial charge in [-0.25, -0.2) is 4.79 Å². The standard InChI is InChI=1S/C19H20O8/c20-14-15(21)17(18(23)24)27-19(16(14)22)25-10-11-5-4-8-13(9-11)26-12-6-2-1-3-7-12/h1-9,14-17,19-22H,10H2,(H,23,24). The van der Waals surface area contributed by atoms with Crippen LogP contribution in [0.5, 0.6) is 11.5 Å². The van der Waals surface area contributed by atoms with Gasteiger partial charge in [-0.2, -0.15) is 0 Å². The highest BCUT2D eigenvalue weighted by Gasteiger charge is 2.47. The number of carboxylic acids is 1. The Morgan fingerprint density at radius 1 is 0.926 bits per heavy atom. The molecule has 0 aromatic heterocycles. The average Bonchev–Trinajstić information content (AvgIpc) is 2.66. The molecule has 3 rings (SSSR count). The van der Waals surface area contributed by atoms with Crippen LogP contribution in [0, 0.1) is 0 Å². The van der Waals surface area contributed by atoms with Crippen LogP contribution in [0.4, 0.5) is 0 Å². The molecular weight excluding hydrogens is 356 g/mol.